The number of aromatic nitrogens is 3. The first-order valence-corrected chi connectivity index (χ1v) is 5.69. The summed E-state index contributed by atoms with van der Waals surface area (Å²) in [6.45, 7) is 0.642. The van der Waals surface area contributed by atoms with E-state index in [9.17, 15) is 0 Å². The number of H-pyrrole nitrogens is 2. The number of benzene rings is 1. The van der Waals surface area contributed by atoms with Crippen LogP contribution in [-0.2, 0) is 6.42 Å². The number of hydrogen-bond acceptors (Lipinski definition) is 2. The van der Waals surface area contributed by atoms with E-state index in [1.54, 1.807) is 6.20 Å². The predicted molar refractivity (Wildman–Crippen MR) is 68.6 cm³/mol. The molecule has 0 aliphatic heterocycles. The molecule has 17 heavy (non-hydrogen) atoms. The van der Waals surface area contributed by atoms with Crippen LogP contribution >= 0.6 is 0 Å². The van der Waals surface area contributed by atoms with Gasteiger partial charge >= 0.3 is 0 Å². The largest absolute Gasteiger partial charge is 0.353 e. The van der Waals surface area contributed by atoms with E-state index in [0.717, 1.165) is 23.3 Å². The molecule has 86 valence electrons. The number of rotatable bonds is 3. The molecule has 4 nitrogen and oxygen atoms in total. The van der Waals surface area contributed by atoms with Gasteiger partial charge in [-0.3, -0.25) is 5.10 Å². The molecule has 0 radical (unpaired) electrons. The Morgan fingerprint density at radius 1 is 1.18 bits per heavy atom. The zero-order valence-electron chi connectivity index (χ0n) is 9.40. The Morgan fingerprint density at radius 3 is 2.82 bits per heavy atom. The summed E-state index contributed by atoms with van der Waals surface area (Å²) in [6.07, 6.45) is 2.62. The van der Waals surface area contributed by atoms with Crippen LogP contribution in [0.15, 0.2) is 36.5 Å². The van der Waals surface area contributed by atoms with Gasteiger partial charge in [0.1, 0.15) is 0 Å². The first-order valence-electron chi connectivity index (χ1n) is 5.69. The number of para-hydroxylation sites is 1. The molecule has 4 heteroatoms. The van der Waals surface area contributed by atoms with E-state index in [-0.39, 0.29) is 0 Å². The van der Waals surface area contributed by atoms with E-state index in [4.69, 9.17) is 5.73 Å². The third kappa shape index (κ3) is 1.62. The van der Waals surface area contributed by atoms with Crippen molar-refractivity contribution in [2.24, 2.45) is 5.73 Å². The number of fused-ring (bicyclic) bond motifs is 1. The highest BCUT2D eigenvalue weighted by Gasteiger charge is 2.12. The normalized spacial score (nSPS) is 11.1. The maximum Gasteiger partial charge on any atom is 0.0815 e. The van der Waals surface area contributed by atoms with Crippen LogP contribution in [0.2, 0.25) is 0 Å². The molecule has 2 heterocycles. The third-order valence-electron chi connectivity index (χ3n) is 2.98. The fourth-order valence-electron chi connectivity index (χ4n) is 2.23. The fourth-order valence-corrected chi connectivity index (χ4v) is 2.23. The van der Waals surface area contributed by atoms with Gasteiger partial charge in [0.25, 0.3) is 0 Å². The van der Waals surface area contributed by atoms with Crippen molar-refractivity contribution in [3.05, 3.63) is 42.1 Å². The predicted octanol–water partition coefficient (Wildman–Crippen LogP) is 2.06. The van der Waals surface area contributed by atoms with Crippen LogP contribution < -0.4 is 5.73 Å². The summed E-state index contributed by atoms with van der Waals surface area (Å²) in [6, 6.07) is 10.2. The summed E-state index contributed by atoms with van der Waals surface area (Å²) >= 11 is 0. The molecule has 4 N–H and O–H groups in total. The zero-order chi connectivity index (χ0) is 11.7. The average Bonchev–Trinajstić information content (AvgIpc) is 2.97. The van der Waals surface area contributed by atoms with Crippen LogP contribution in [-0.4, -0.2) is 21.7 Å². The number of nitrogens with one attached hydrogen (secondary N) is 2. The topological polar surface area (TPSA) is 70.5 Å². The molecule has 0 unspecified atom stereocenters. The quantitative estimate of drug-likeness (QED) is 0.639. The second kappa shape index (κ2) is 4.07. The highest BCUT2D eigenvalue weighted by atomic mass is 15.1. The third-order valence-corrected chi connectivity index (χ3v) is 2.98. The summed E-state index contributed by atoms with van der Waals surface area (Å²) in [5.74, 6) is 0. The first kappa shape index (κ1) is 10.1. The van der Waals surface area contributed by atoms with E-state index < -0.39 is 0 Å². The van der Waals surface area contributed by atoms with Crippen molar-refractivity contribution in [2.45, 2.75) is 6.42 Å². The Bertz CT molecular complexity index is 622. The van der Waals surface area contributed by atoms with Gasteiger partial charge in [-0.15, -0.1) is 0 Å². The average molecular weight is 226 g/mol. The van der Waals surface area contributed by atoms with Crippen molar-refractivity contribution < 1.29 is 0 Å². The Morgan fingerprint density at radius 2 is 2.06 bits per heavy atom. The van der Waals surface area contributed by atoms with Gasteiger partial charge in [0.2, 0.25) is 0 Å². The Hall–Kier alpha value is -2.07. The van der Waals surface area contributed by atoms with Crippen LogP contribution in [0.4, 0.5) is 0 Å². The standard InChI is InChI=1S/C13H14N4/c14-7-5-10-9-3-1-2-4-11(9)16-13(10)12-6-8-15-17-12/h1-4,6,8,16H,5,7,14H2,(H,15,17). The summed E-state index contributed by atoms with van der Waals surface area (Å²) in [5, 5.41) is 8.22. The zero-order valence-corrected chi connectivity index (χ0v) is 9.40. The van der Waals surface area contributed by atoms with Crippen molar-refractivity contribution in [2.75, 3.05) is 6.54 Å². The van der Waals surface area contributed by atoms with Gasteiger partial charge in [0.15, 0.2) is 0 Å². The second-order valence-corrected chi connectivity index (χ2v) is 4.03. The maximum atomic E-state index is 5.69. The molecule has 0 atom stereocenters. The molecule has 0 bridgehead atoms. The number of aromatic amines is 2. The Balaban J connectivity index is 2.26. The lowest BCUT2D eigenvalue weighted by atomic mass is 10.1. The molecule has 1 aromatic carbocycles. The van der Waals surface area contributed by atoms with E-state index >= 15 is 0 Å². The van der Waals surface area contributed by atoms with Crippen molar-refractivity contribution in [1.82, 2.24) is 15.2 Å². The minimum Gasteiger partial charge on any atom is -0.353 e. The SMILES string of the molecule is NCCc1c(-c2ccn[nH]2)[nH]c2ccccc12. The molecular weight excluding hydrogens is 212 g/mol. The highest BCUT2D eigenvalue weighted by Crippen LogP contribution is 2.29. The van der Waals surface area contributed by atoms with Gasteiger partial charge in [-0.2, -0.15) is 5.10 Å². The summed E-state index contributed by atoms with van der Waals surface area (Å²) in [5.41, 5.74) is 10.2. The molecule has 3 rings (SSSR count). The van der Waals surface area contributed by atoms with Crippen LogP contribution in [0, 0.1) is 0 Å². The molecule has 0 saturated carbocycles. The number of nitrogens with zero attached hydrogens (tertiary/aromatic N) is 1. The lowest BCUT2D eigenvalue weighted by molar-refractivity contribution is 0.975. The maximum absolute atomic E-state index is 5.69. The summed E-state index contributed by atoms with van der Waals surface area (Å²) < 4.78 is 0. The van der Waals surface area contributed by atoms with Crippen molar-refractivity contribution in [1.29, 1.82) is 0 Å². The summed E-state index contributed by atoms with van der Waals surface area (Å²) in [4.78, 5) is 3.42. The van der Waals surface area contributed by atoms with Crippen LogP contribution in [0.3, 0.4) is 0 Å². The first-order chi connectivity index (χ1) is 8.40. The molecule has 2 aromatic heterocycles. The molecule has 0 saturated heterocycles. The summed E-state index contributed by atoms with van der Waals surface area (Å²) in [7, 11) is 0. The molecule has 0 spiro atoms. The lowest BCUT2D eigenvalue weighted by Gasteiger charge is -2.00. The van der Waals surface area contributed by atoms with E-state index in [0.29, 0.717) is 6.54 Å². The minimum atomic E-state index is 0.642. The Labute approximate surface area is 98.8 Å². The van der Waals surface area contributed by atoms with Crippen molar-refractivity contribution in [3.63, 3.8) is 0 Å². The smallest absolute Gasteiger partial charge is 0.0815 e. The van der Waals surface area contributed by atoms with Crippen LogP contribution in [0.1, 0.15) is 5.56 Å². The number of nitrogens with two attached hydrogens (primary N) is 1. The van der Waals surface area contributed by atoms with Gasteiger partial charge < -0.3 is 10.7 Å². The van der Waals surface area contributed by atoms with Gasteiger partial charge in [-0.1, -0.05) is 18.2 Å². The van der Waals surface area contributed by atoms with Crippen LogP contribution in [0.5, 0.6) is 0 Å². The molecule has 0 aliphatic rings. The molecular formula is C13H14N4. The van der Waals surface area contributed by atoms with Crippen molar-refractivity contribution in [3.8, 4) is 11.4 Å². The number of hydrogen-bond donors (Lipinski definition) is 3. The van der Waals surface area contributed by atoms with Gasteiger partial charge in [-0.25, -0.2) is 0 Å². The van der Waals surface area contributed by atoms with E-state index in [2.05, 4.69) is 27.3 Å². The van der Waals surface area contributed by atoms with E-state index in [1.807, 2.05) is 18.2 Å². The van der Waals surface area contributed by atoms with Crippen molar-refractivity contribution >= 4 is 10.9 Å². The fraction of sp³-hybridized carbons (Fsp3) is 0.154. The molecule has 3 aromatic rings. The van der Waals surface area contributed by atoms with Gasteiger partial charge in [0, 0.05) is 17.1 Å². The second-order valence-electron chi connectivity index (χ2n) is 4.03. The molecule has 0 amide bonds. The van der Waals surface area contributed by atoms with Gasteiger partial charge in [-0.05, 0) is 30.7 Å². The molecule has 0 aliphatic carbocycles. The van der Waals surface area contributed by atoms with E-state index in [1.165, 1.54) is 10.9 Å². The monoisotopic (exact) mass is 226 g/mol. The minimum absolute atomic E-state index is 0.642. The molecule has 0 fully saturated rings. The Kier molecular flexibility index (Phi) is 2.42. The lowest BCUT2D eigenvalue weighted by Crippen LogP contribution is -2.03. The highest BCUT2D eigenvalue weighted by molar-refractivity contribution is 5.90. The van der Waals surface area contributed by atoms with Gasteiger partial charge in [0.05, 0.1) is 11.4 Å². The van der Waals surface area contributed by atoms with Crippen LogP contribution in [0.25, 0.3) is 22.3 Å².